The number of hydrogen-bond acceptors (Lipinski definition) is 1. The first-order chi connectivity index (χ1) is 10.4. The Morgan fingerprint density at radius 1 is 0.955 bits per heavy atom. The van der Waals surface area contributed by atoms with E-state index in [0.717, 1.165) is 27.9 Å². The van der Waals surface area contributed by atoms with E-state index in [1.165, 1.54) is 12.1 Å². The zero-order chi connectivity index (χ0) is 15.5. The molecule has 0 atom stereocenters. The van der Waals surface area contributed by atoms with Crippen LogP contribution in [0.15, 0.2) is 48.5 Å². The third kappa shape index (κ3) is 1.78. The standard InChI is InChI=1S/C17H11F3N2/c1-10-21-14-5-3-2-4-13(14)16-8-11-6-7-12(17(18,19)20)9-15(11)22(10)16/h2-9H,1H3. The predicted molar refractivity (Wildman–Crippen MR) is 79.9 cm³/mol. The van der Waals surface area contributed by atoms with Gasteiger partial charge in [0.15, 0.2) is 0 Å². The molecule has 5 heteroatoms. The van der Waals surface area contributed by atoms with Gasteiger partial charge >= 0.3 is 6.18 Å². The minimum Gasteiger partial charge on any atom is -0.297 e. The van der Waals surface area contributed by atoms with E-state index in [9.17, 15) is 13.2 Å². The van der Waals surface area contributed by atoms with E-state index in [1.54, 1.807) is 11.3 Å². The largest absolute Gasteiger partial charge is 0.416 e. The van der Waals surface area contributed by atoms with Gasteiger partial charge < -0.3 is 0 Å². The van der Waals surface area contributed by atoms with Crippen LogP contribution in [0.3, 0.4) is 0 Å². The Labute approximate surface area is 123 Å². The van der Waals surface area contributed by atoms with Crippen LogP contribution in [-0.2, 0) is 6.18 Å². The van der Waals surface area contributed by atoms with Gasteiger partial charge in [0.25, 0.3) is 0 Å². The number of rotatable bonds is 0. The fourth-order valence-electron chi connectivity index (χ4n) is 2.94. The number of aryl methyl sites for hydroxylation is 1. The summed E-state index contributed by atoms with van der Waals surface area (Å²) < 4.78 is 40.6. The number of aromatic nitrogens is 2. The first kappa shape index (κ1) is 13.1. The second-order valence-corrected chi connectivity index (χ2v) is 5.31. The summed E-state index contributed by atoms with van der Waals surface area (Å²) in [6.45, 7) is 1.80. The molecule has 2 nitrogen and oxygen atoms in total. The number of alkyl halides is 3. The van der Waals surface area contributed by atoms with E-state index in [2.05, 4.69) is 4.98 Å². The van der Waals surface area contributed by atoms with Crippen LogP contribution in [0.4, 0.5) is 13.2 Å². The van der Waals surface area contributed by atoms with Crippen LogP contribution in [0.25, 0.3) is 27.3 Å². The second kappa shape index (κ2) is 4.22. The number of para-hydroxylation sites is 1. The number of fused-ring (bicyclic) bond motifs is 5. The molecule has 0 radical (unpaired) electrons. The van der Waals surface area contributed by atoms with Gasteiger partial charge in [-0.05, 0) is 31.2 Å². The van der Waals surface area contributed by atoms with Gasteiger partial charge in [-0.3, -0.25) is 4.40 Å². The molecule has 0 saturated heterocycles. The molecular formula is C17H11F3N2. The van der Waals surface area contributed by atoms with Crippen molar-refractivity contribution in [3.63, 3.8) is 0 Å². The first-order valence-electron chi connectivity index (χ1n) is 6.83. The van der Waals surface area contributed by atoms with Crippen LogP contribution in [0.2, 0.25) is 0 Å². The lowest BCUT2D eigenvalue weighted by atomic mass is 10.1. The van der Waals surface area contributed by atoms with Gasteiger partial charge in [-0.2, -0.15) is 13.2 Å². The summed E-state index contributed by atoms with van der Waals surface area (Å²) >= 11 is 0. The lowest BCUT2D eigenvalue weighted by Crippen LogP contribution is -2.04. The Bertz CT molecular complexity index is 1030. The average molecular weight is 300 g/mol. The van der Waals surface area contributed by atoms with Crippen LogP contribution in [0.1, 0.15) is 11.4 Å². The molecule has 4 aromatic rings. The van der Waals surface area contributed by atoms with E-state index in [0.29, 0.717) is 11.3 Å². The molecule has 0 unspecified atom stereocenters. The van der Waals surface area contributed by atoms with Crippen molar-refractivity contribution in [1.82, 2.24) is 9.38 Å². The highest BCUT2D eigenvalue weighted by Crippen LogP contribution is 2.34. The number of benzene rings is 2. The quantitative estimate of drug-likeness (QED) is 0.448. The summed E-state index contributed by atoms with van der Waals surface area (Å²) in [4.78, 5) is 4.50. The molecule has 2 heterocycles. The summed E-state index contributed by atoms with van der Waals surface area (Å²) in [7, 11) is 0. The van der Waals surface area contributed by atoms with E-state index >= 15 is 0 Å². The van der Waals surface area contributed by atoms with Gasteiger partial charge in [-0.1, -0.05) is 24.3 Å². The van der Waals surface area contributed by atoms with Gasteiger partial charge in [0, 0.05) is 10.8 Å². The van der Waals surface area contributed by atoms with Crippen molar-refractivity contribution in [2.24, 2.45) is 0 Å². The van der Waals surface area contributed by atoms with Crippen molar-refractivity contribution in [3.05, 3.63) is 59.9 Å². The van der Waals surface area contributed by atoms with Gasteiger partial charge in [-0.25, -0.2) is 4.98 Å². The molecule has 0 saturated carbocycles. The molecule has 0 bridgehead atoms. The van der Waals surface area contributed by atoms with Gasteiger partial charge in [-0.15, -0.1) is 0 Å². The third-order valence-electron chi connectivity index (χ3n) is 3.92. The van der Waals surface area contributed by atoms with Crippen molar-refractivity contribution in [3.8, 4) is 0 Å². The van der Waals surface area contributed by atoms with Crippen molar-refractivity contribution in [2.75, 3.05) is 0 Å². The molecule has 0 amide bonds. The fraction of sp³-hybridized carbons (Fsp3) is 0.118. The van der Waals surface area contributed by atoms with Crippen molar-refractivity contribution >= 4 is 27.3 Å². The lowest BCUT2D eigenvalue weighted by Gasteiger charge is -2.08. The van der Waals surface area contributed by atoms with Crippen LogP contribution in [-0.4, -0.2) is 9.38 Å². The third-order valence-corrected chi connectivity index (χ3v) is 3.92. The molecule has 0 N–H and O–H groups in total. The van der Waals surface area contributed by atoms with Crippen molar-refractivity contribution < 1.29 is 13.2 Å². The maximum Gasteiger partial charge on any atom is 0.416 e. The summed E-state index contributed by atoms with van der Waals surface area (Å²) in [6, 6.07) is 13.4. The SMILES string of the molecule is Cc1nc2ccccc2c2cc3ccc(C(F)(F)F)cc3n12. The molecule has 22 heavy (non-hydrogen) atoms. The smallest absolute Gasteiger partial charge is 0.297 e. The zero-order valence-corrected chi connectivity index (χ0v) is 11.6. The maximum atomic E-state index is 13.0. The highest BCUT2D eigenvalue weighted by Gasteiger charge is 2.30. The van der Waals surface area contributed by atoms with Gasteiger partial charge in [0.1, 0.15) is 5.82 Å². The summed E-state index contributed by atoms with van der Waals surface area (Å²) in [5.41, 5.74) is 1.59. The molecule has 2 aromatic heterocycles. The Balaban J connectivity index is 2.19. The van der Waals surface area contributed by atoms with Crippen molar-refractivity contribution in [2.45, 2.75) is 13.1 Å². The molecule has 2 aromatic carbocycles. The Hall–Kier alpha value is -2.56. The van der Waals surface area contributed by atoms with E-state index < -0.39 is 11.7 Å². The molecule has 0 fully saturated rings. The fourth-order valence-corrected chi connectivity index (χ4v) is 2.94. The highest BCUT2D eigenvalue weighted by atomic mass is 19.4. The monoisotopic (exact) mass is 300 g/mol. The molecule has 4 rings (SSSR count). The maximum absolute atomic E-state index is 13.0. The summed E-state index contributed by atoms with van der Waals surface area (Å²) in [5, 5.41) is 1.70. The molecule has 0 aliphatic carbocycles. The highest BCUT2D eigenvalue weighted by molar-refractivity contribution is 6.01. The first-order valence-corrected chi connectivity index (χ1v) is 6.83. The van der Waals surface area contributed by atoms with Crippen molar-refractivity contribution in [1.29, 1.82) is 0 Å². The summed E-state index contributed by atoms with van der Waals surface area (Å²) in [6.07, 6.45) is -4.35. The van der Waals surface area contributed by atoms with Gasteiger partial charge in [0.2, 0.25) is 0 Å². The van der Waals surface area contributed by atoms with Gasteiger partial charge in [0.05, 0.1) is 22.1 Å². The van der Waals surface area contributed by atoms with Crippen LogP contribution in [0, 0.1) is 6.92 Å². The minimum atomic E-state index is -4.35. The molecule has 0 aliphatic rings. The normalized spacial score (nSPS) is 12.5. The molecule has 0 spiro atoms. The Morgan fingerprint density at radius 2 is 1.73 bits per heavy atom. The van der Waals surface area contributed by atoms with E-state index in [-0.39, 0.29) is 0 Å². The predicted octanol–water partition coefficient (Wildman–Crippen LogP) is 4.97. The molecular weight excluding hydrogens is 289 g/mol. The lowest BCUT2D eigenvalue weighted by molar-refractivity contribution is -0.137. The second-order valence-electron chi connectivity index (χ2n) is 5.31. The molecule has 0 aliphatic heterocycles. The number of halogens is 3. The summed E-state index contributed by atoms with van der Waals surface area (Å²) in [5.74, 6) is 0.669. The van der Waals surface area contributed by atoms with Crippen LogP contribution < -0.4 is 0 Å². The Kier molecular flexibility index (Phi) is 2.52. The van der Waals surface area contributed by atoms with E-state index in [4.69, 9.17) is 0 Å². The zero-order valence-electron chi connectivity index (χ0n) is 11.6. The minimum absolute atomic E-state index is 0.528. The Morgan fingerprint density at radius 3 is 2.50 bits per heavy atom. The topological polar surface area (TPSA) is 17.3 Å². The van der Waals surface area contributed by atoms with Crippen LogP contribution in [0.5, 0.6) is 0 Å². The molecule has 110 valence electrons. The number of hydrogen-bond donors (Lipinski definition) is 0. The van der Waals surface area contributed by atoms with Crippen LogP contribution >= 0.6 is 0 Å². The number of nitrogens with zero attached hydrogens (tertiary/aromatic N) is 2. The average Bonchev–Trinajstić information content (AvgIpc) is 2.85. The van der Waals surface area contributed by atoms with E-state index in [1.807, 2.05) is 30.3 Å².